The van der Waals surface area contributed by atoms with E-state index in [1.165, 1.54) is 0 Å². The molecule has 0 aliphatic carbocycles. The van der Waals surface area contributed by atoms with E-state index in [-0.39, 0.29) is 6.04 Å². The summed E-state index contributed by atoms with van der Waals surface area (Å²) in [6.45, 7) is 8.22. The van der Waals surface area contributed by atoms with E-state index in [1.807, 2.05) is 32.0 Å². The van der Waals surface area contributed by atoms with Crippen LogP contribution in [0.3, 0.4) is 0 Å². The molecule has 0 aliphatic rings. The quantitative estimate of drug-likeness (QED) is 0.771. The van der Waals surface area contributed by atoms with Gasteiger partial charge in [-0.1, -0.05) is 18.7 Å². The molecule has 0 saturated carbocycles. The first kappa shape index (κ1) is 13.6. The van der Waals surface area contributed by atoms with Crippen LogP contribution in [0.2, 0.25) is 0 Å². The lowest BCUT2D eigenvalue weighted by Gasteiger charge is -2.16. The van der Waals surface area contributed by atoms with E-state index in [0.717, 1.165) is 29.1 Å². The number of benzene rings is 1. The zero-order valence-electron chi connectivity index (χ0n) is 10.8. The van der Waals surface area contributed by atoms with Gasteiger partial charge in [-0.15, -0.1) is 0 Å². The molecule has 2 N–H and O–H groups in total. The Kier molecular flexibility index (Phi) is 5.04. The average molecular weight is 235 g/mol. The standard InChI is InChI=1S/C14H21NO2/c1-10(2)9-17-14-12(8-11(3)15)6-5-7-13(14)16-4/h5-7,11H,1,8-9,15H2,2-4H3. The molecule has 0 fully saturated rings. The molecule has 94 valence electrons. The Hall–Kier alpha value is -1.48. The van der Waals surface area contributed by atoms with Crippen LogP contribution >= 0.6 is 0 Å². The first-order valence-corrected chi connectivity index (χ1v) is 5.73. The number of hydrogen-bond donors (Lipinski definition) is 1. The molecule has 1 atom stereocenters. The summed E-state index contributed by atoms with van der Waals surface area (Å²) in [6.07, 6.45) is 0.767. The van der Waals surface area contributed by atoms with Gasteiger partial charge >= 0.3 is 0 Å². The van der Waals surface area contributed by atoms with Crippen LogP contribution in [0.4, 0.5) is 0 Å². The molecule has 0 bridgehead atoms. The number of hydrogen-bond acceptors (Lipinski definition) is 3. The first-order chi connectivity index (χ1) is 8.04. The van der Waals surface area contributed by atoms with E-state index >= 15 is 0 Å². The lowest BCUT2D eigenvalue weighted by atomic mass is 10.1. The van der Waals surface area contributed by atoms with E-state index in [4.69, 9.17) is 15.2 Å². The second kappa shape index (κ2) is 6.30. The van der Waals surface area contributed by atoms with Gasteiger partial charge in [0.2, 0.25) is 0 Å². The number of methoxy groups -OCH3 is 1. The third kappa shape index (κ3) is 4.11. The van der Waals surface area contributed by atoms with Gasteiger partial charge in [-0.2, -0.15) is 0 Å². The van der Waals surface area contributed by atoms with E-state index in [0.29, 0.717) is 6.61 Å². The highest BCUT2D eigenvalue weighted by Gasteiger charge is 2.11. The Morgan fingerprint density at radius 1 is 1.47 bits per heavy atom. The fourth-order valence-corrected chi connectivity index (χ4v) is 1.59. The van der Waals surface area contributed by atoms with Crippen LogP contribution in [0, 0.1) is 0 Å². The molecule has 1 aromatic carbocycles. The van der Waals surface area contributed by atoms with Crippen molar-refractivity contribution >= 4 is 0 Å². The third-order valence-corrected chi connectivity index (χ3v) is 2.29. The van der Waals surface area contributed by atoms with Crippen molar-refractivity contribution in [2.75, 3.05) is 13.7 Å². The van der Waals surface area contributed by atoms with Crippen molar-refractivity contribution < 1.29 is 9.47 Å². The minimum absolute atomic E-state index is 0.0919. The summed E-state index contributed by atoms with van der Waals surface area (Å²) in [5.41, 5.74) is 7.87. The Balaban J connectivity index is 2.97. The molecule has 0 saturated heterocycles. The molecule has 1 aromatic rings. The van der Waals surface area contributed by atoms with Crippen molar-refractivity contribution in [1.82, 2.24) is 0 Å². The molecule has 0 aliphatic heterocycles. The number of rotatable bonds is 6. The Morgan fingerprint density at radius 3 is 2.71 bits per heavy atom. The van der Waals surface area contributed by atoms with E-state index in [1.54, 1.807) is 7.11 Å². The summed E-state index contributed by atoms with van der Waals surface area (Å²) < 4.78 is 11.0. The average Bonchev–Trinajstić information content (AvgIpc) is 2.26. The highest BCUT2D eigenvalue weighted by atomic mass is 16.5. The Labute approximate surface area is 103 Å². The molecule has 0 spiro atoms. The van der Waals surface area contributed by atoms with Crippen LogP contribution in [0.15, 0.2) is 30.4 Å². The molecule has 0 heterocycles. The van der Waals surface area contributed by atoms with Crippen molar-refractivity contribution in [3.63, 3.8) is 0 Å². The van der Waals surface area contributed by atoms with Gasteiger partial charge < -0.3 is 15.2 Å². The topological polar surface area (TPSA) is 44.5 Å². The molecule has 3 heteroatoms. The van der Waals surface area contributed by atoms with Gasteiger partial charge in [0.15, 0.2) is 11.5 Å². The monoisotopic (exact) mass is 235 g/mol. The van der Waals surface area contributed by atoms with Crippen molar-refractivity contribution in [3.8, 4) is 11.5 Å². The summed E-state index contributed by atoms with van der Waals surface area (Å²) in [5, 5.41) is 0. The summed E-state index contributed by atoms with van der Waals surface area (Å²) in [5.74, 6) is 1.51. The van der Waals surface area contributed by atoms with Crippen LogP contribution in [0.25, 0.3) is 0 Å². The van der Waals surface area contributed by atoms with Crippen molar-refractivity contribution in [2.24, 2.45) is 5.73 Å². The largest absolute Gasteiger partial charge is 0.493 e. The molecule has 3 nitrogen and oxygen atoms in total. The molecule has 17 heavy (non-hydrogen) atoms. The van der Waals surface area contributed by atoms with Crippen molar-refractivity contribution in [1.29, 1.82) is 0 Å². The molecule has 1 rings (SSSR count). The highest BCUT2D eigenvalue weighted by molar-refractivity contribution is 5.47. The van der Waals surface area contributed by atoms with Gasteiger partial charge in [0.25, 0.3) is 0 Å². The maximum absolute atomic E-state index is 5.83. The first-order valence-electron chi connectivity index (χ1n) is 5.73. The van der Waals surface area contributed by atoms with E-state index in [9.17, 15) is 0 Å². The molecule has 1 unspecified atom stereocenters. The number of ether oxygens (including phenoxy) is 2. The zero-order chi connectivity index (χ0) is 12.8. The smallest absolute Gasteiger partial charge is 0.164 e. The molecule has 0 aromatic heterocycles. The van der Waals surface area contributed by atoms with Crippen LogP contribution in [-0.4, -0.2) is 19.8 Å². The highest BCUT2D eigenvalue weighted by Crippen LogP contribution is 2.32. The normalized spacial score (nSPS) is 12.0. The minimum atomic E-state index is 0.0919. The fraction of sp³-hybridized carbons (Fsp3) is 0.429. The number of nitrogens with two attached hydrogens (primary N) is 1. The van der Waals surface area contributed by atoms with Crippen molar-refractivity contribution in [3.05, 3.63) is 35.9 Å². The lowest BCUT2D eigenvalue weighted by molar-refractivity contribution is 0.316. The van der Waals surface area contributed by atoms with Crippen LogP contribution in [0.5, 0.6) is 11.5 Å². The summed E-state index contributed by atoms with van der Waals surface area (Å²) >= 11 is 0. The lowest BCUT2D eigenvalue weighted by Crippen LogP contribution is -2.18. The predicted octanol–water partition coefficient (Wildman–Crippen LogP) is 2.54. The summed E-state index contributed by atoms with van der Waals surface area (Å²) in [4.78, 5) is 0. The Morgan fingerprint density at radius 2 is 2.18 bits per heavy atom. The van der Waals surface area contributed by atoms with Gasteiger partial charge in [-0.05, 0) is 37.5 Å². The molecular formula is C14H21NO2. The number of para-hydroxylation sites is 1. The maximum Gasteiger partial charge on any atom is 0.164 e. The minimum Gasteiger partial charge on any atom is -0.493 e. The van der Waals surface area contributed by atoms with E-state index in [2.05, 4.69) is 6.58 Å². The summed E-state index contributed by atoms with van der Waals surface area (Å²) in [6, 6.07) is 5.94. The van der Waals surface area contributed by atoms with Crippen molar-refractivity contribution in [2.45, 2.75) is 26.3 Å². The fourth-order valence-electron chi connectivity index (χ4n) is 1.59. The van der Waals surface area contributed by atoms with Gasteiger partial charge in [0.1, 0.15) is 6.61 Å². The third-order valence-electron chi connectivity index (χ3n) is 2.29. The van der Waals surface area contributed by atoms with Crippen LogP contribution in [-0.2, 0) is 6.42 Å². The molecule has 0 radical (unpaired) electrons. The second-order valence-corrected chi connectivity index (χ2v) is 4.38. The summed E-state index contributed by atoms with van der Waals surface area (Å²) in [7, 11) is 1.64. The maximum atomic E-state index is 5.83. The zero-order valence-corrected chi connectivity index (χ0v) is 10.8. The predicted molar refractivity (Wildman–Crippen MR) is 70.7 cm³/mol. The van der Waals surface area contributed by atoms with Gasteiger partial charge in [-0.25, -0.2) is 0 Å². The van der Waals surface area contributed by atoms with Crippen LogP contribution < -0.4 is 15.2 Å². The SMILES string of the molecule is C=C(C)COc1c(CC(C)N)cccc1OC. The molecule has 0 amide bonds. The van der Waals surface area contributed by atoms with Crippen LogP contribution in [0.1, 0.15) is 19.4 Å². The molecular weight excluding hydrogens is 214 g/mol. The van der Waals surface area contributed by atoms with Gasteiger partial charge in [0.05, 0.1) is 7.11 Å². The van der Waals surface area contributed by atoms with Gasteiger partial charge in [0, 0.05) is 6.04 Å². The van der Waals surface area contributed by atoms with Gasteiger partial charge in [-0.3, -0.25) is 0 Å². The second-order valence-electron chi connectivity index (χ2n) is 4.38. The van der Waals surface area contributed by atoms with E-state index < -0.39 is 0 Å². The Bertz CT molecular complexity index is 386.